The van der Waals surface area contributed by atoms with Gasteiger partial charge in [-0.25, -0.2) is 0 Å². The molecule has 1 aromatic heterocycles. The van der Waals surface area contributed by atoms with Gasteiger partial charge in [0.15, 0.2) is 5.76 Å². The molecule has 1 atom stereocenters. The molecule has 1 aliphatic rings. The largest absolute Gasteiger partial charge is 0.452 e. The highest BCUT2D eigenvalue weighted by molar-refractivity contribution is 9.10. The molecule has 0 radical (unpaired) electrons. The summed E-state index contributed by atoms with van der Waals surface area (Å²) in [6.07, 6.45) is 0.789. The molecule has 0 saturated carbocycles. The lowest BCUT2D eigenvalue weighted by atomic mass is 10.0. The van der Waals surface area contributed by atoms with Crippen LogP contribution in [0.4, 0.5) is 0 Å². The van der Waals surface area contributed by atoms with E-state index in [-0.39, 0.29) is 11.7 Å². The second-order valence-electron chi connectivity index (χ2n) is 4.19. The summed E-state index contributed by atoms with van der Waals surface area (Å²) in [5, 5.41) is 0.946. The van der Waals surface area contributed by atoms with Crippen molar-refractivity contribution in [3.8, 4) is 0 Å². The lowest BCUT2D eigenvalue weighted by Crippen LogP contribution is -2.13. The van der Waals surface area contributed by atoms with Crippen LogP contribution in [0.3, 0.4) is 0 Å². The predicted molar refractivity (Wildman–Crippen MR) is 67.2 cm³/mol. The number of para-hydroxylation sites is 1. The Morgan fingerprint density at radius 3 is 3.00 bits per heavy atom. The Balaban J connectivity index is 2.00. The zero-order valence-electron chi connectivity index (χ0n) is 9.11. The molecule has 1 saturated heterocycles. The molecular weight excluding hydrogens is 284 g/mol. The number of furan rings is 1. The van der Waals surface area contributed by atoms with Gasteiger partial charge in [0.2, 0.25) is 5.78 Å². The lowest BCUT2D eigenvalue weighted by Gasteiger charge is -2.02. The van der Waals surface area contributed by atoms with E-state index in [2.05, 4.69) is 15.9 Å². The first-order chi connectivity index (χ1) is 8.25. The average molecular weight is 295 g/mol. The minimum atomic E-state index is -0.0469. The number of Topliss-reactive ketones (excluding diaryl/α,β-unsaturated/α-hetero) is 1. The second-order valence-corrected chi connectivity index (χ2v) is 5.05. The highest BCUT2D eigenvalue weighted by atomic mass is 79.9. The van der Waals surface area contributed by atoms with E-state index in [1.54, 1.807) is 6.07 Å². The molecule has 2 heterocycles. The topological polar surface area (TPSA) is 39.4 Å². The summed E-state index contributed by atoms with van der Waals surface area (Å²) in [5.74, 6) is 0.433. The Morgan fingerprint density at radius 1 is 1.41 bits per heavy atom. The van der Waals surface area contributed by atoms with Crippen molar-refractivity contribution in [2.24, 2.45) is 5.92 Å². The summed E-state index contributed by atoms with van der Waals surface area (Å²) < 4.78 is 11.7. The SMILES string of the molecule is O=C(c1cc2cccc(Br)c2o1)C1CCOC1. The molecule has 2 aromatic rings. The van der Waals surface area contributed by atoms with Gasteiger partial charge in [-0.05, 0) is 34.5 Å². The summed E-state index contributed by atoms with van der Waals surface area (Å²) in [6.45, 7) is 1.18. The second kappa shape index (κ2) is 4.27. The molecule has 88 valence electrons. The van der Waals surface area contributed by atoms with Gasteiger partial charge in [0.1, 0.15) is 5.58 Å². The smallest absolute Gasteiger partial charge is 0.203 e. The molecule has 1 aliphatic heterocycles. The number of ketones is 1. The minimum absolute atomic E-state index is 0.0469. The van der Waals surface area contributed by atoms with Crippen LogP contribution in [0.2, 0.25) is 0 Å². The minimum Gasteiger partial charge on any atom is -0.452 e. The molecule has 1 aromatic carbocycles. The Morgan fingerprint density at radius 2 is 2.29 bits per heavy atom. The normalized spacial score (nSPS) is 19.9. The molecule has 1 unspecified atom stereocenters. The molecule has 4 heteroatoms. The van der Waals surface area contributed by atoms with Crippen molar-refractivity contribution >= 4 is 32.7 Å². The first-order valence-electron chi connectivity index (χ1n) is 5.56. The zero-order valence-corrected chi connectivity index (χ0v) is 10.7. The maximum absolute atomic E-state index is 12.1. The molecule has 0 aliphatic carbocycles. The third kappa shape index (κ3) is 1.91. The van der Waals surface area contributed by atoms with Gasteiger partial charge in [-0.1, -0.05) is 12.1 Å². The van der Waals surface area contributed by atoms with E-state index in [1.165, 1.54) is 0 Å². The molecule has 0 amide bonds. The number of halogens is 1. The summed E-state index contributed by atoms with van der Waals surface area (Å²) in [4.78, 5) is 12.1. The first-order valence-corrected chi connectivity index (χ1v) is 6.35. The number of carbonyl (C=O) groups is 1. The van der Waals surface area contributed by atoms with E-state index in [9.17, 15) is 4.79 Å². The number of benzene rings is 1. The van der Waals surface area contributed by atoms with E-state index >= 15 is 0 Å². The van der Waals surface area contributed by atoms with Gasteiger partial charge >= 0.3 is 0 Å². The van der Waals surface area contributed by atoms with Crippen LogP contribution >= 0.6 is 15.9 Å². The highest BCUT2D eigenvalue weighted by Crippen LogP contribution is 2.29. The monoisotopic (exact) mass is 294 g/mol. The van der Waals surface area contributed by atoms with E-state index in [0.29, 0.717) is 19.0 Å². The molecule has 0 spiro atoms. The molecule has 17 heavy (non-hydrogen) atoms. The van der Waals surface area contributed by atoms with Crippen LogP contribution in [0.1, 0.15) is 17.0 Å². The van der Waals surface area contributed by atoms with Crippen LogP contribution in [-0.4, -0.2) is 19.0 Å². The van der Waals surface area contributed by atoms with Crippen molar-refractivity contribution in [3.63, 3.8) is 0 Å². The standard InChI is InChI=1S/C13H11BrO3/c14-10-3-1-2-8-6-11(17-13(8)10)12(15)9-4-5-16-7-9/h1-3,6,9H,4-5,7H2. The number of fused-ring (bicyclic) bond motifs is 1. The van der Waals surface area contributed by atoms with Gasteiger partial charge in [-0.15, -0.1) is 0 Å². The molecule has 0 bridgehead atoms. The quantitative estimate of drug-likeness (QED) is 0.797. The summed E-state index contributed by atoms with van der Waals surface area (Å²) >= 11 is 3.41. The Bertz CT molecular complexity index is 567. The van der Waals surface area contributed by atoms with Crippen LogP contribution in [0.5, 0.6) is 0 Å². The van der Waals surface area contributed by atoms with Crippen molar-refractivity contribution in [2.45, 2.75) is 6.42 Å². The fourth-order valence-corrected chi connectivity index (χ4v) is 2.55. The predicted octanol–water partition coefficient (Wildman–Crippen LogP) is 3.41. The fraction of sp³-hybridized carbons (Fsp3) is 0.308. The van der Waals surface area contributed by atoms with E-state index < -0.39 is 0 Å². The van der Waals surface area contributed by atoms with Crippen molar-refractivity contribution in [2.75, 3.05) is 13.2 Å². The van der Waals surface area contributed by atoms with Gasteiger partial charge in [0.25, 0.3) is 0 Å². The van der Waals surface area contributed by atoms with Crippen molar-refractivity contribution in [3.05, 3.63) is 34.5 Å². The Kier molecular flexibility index (Phi) is 2.76. The molecule has 0 N–H and O–H groups in total. The average Bonchev–Trinajstić information content (AvgIpc) is 2.98. The van der Waals surface area contributed by atoms with Crippen LogP contribution in [0.15, 0.2) is 33.2 Å². The number of hydrogen-bond acceptors (Lipinski definition) is 3. The van der Waals surface area contributed by atoms with Gasteiger partial charge in [0, 0.05) is 12.0 Å². The van der Waals surface area contributed by atoms with Crippen LogP contribution in [-0.2, 0) is 4.74 Å². The molecule has 3 nitrogen and oxygen atoms in total. The van der Waals surface area contributed by atoms with Crippen molar-refractivity contribution < 1.29 is 13.9 Å². The summed E-state index contributed by atoms with van der Waals surface area (Å²) in [5.41, 5.74) is 0.731. The lowest BCUT2D eigenvalue weighted by molar-refractivity contribution is 0.0874. The molecule has 1 fully saturated rings. The Labute approximate surface area is 107 Å². The zero-order chi connectivity index (χ0) is 11.8. The number of hydrogen-bond donors (Lipinski definition) is 0. The van der Waals surface area contributed by atoms with Gasteiger partial charge in [-0.2, -0.15) is 0 Å². The van der Waals surface area contributed by atoms with Gasteiger partial charge < -0.3 is 9.15 Å². The van der Waals surface area contributed by atoms with Crippen LogP contribution in [0.25, 0.3) is 11.0 Å². The van der Waals surface area contributed by atoms with E-state index in [4.69, 9.17) is 9.15 Å². The third-order valence-electron chi connectivity index (χ3n) is 3.04. The maximum atomic E-state index is 12.1. The third-order valence-corrected chi connectivity index (χ3v) is 3.66. The summed E-state index contributed by atoms with van der Waals surface area (Å²) in [6, 6.07) is 7.57. The number of carbonyl (C=O) groups excluding carboxylic acids is 1. The van der Waals surface area contributed by atoms with Crippen LogP contribution < -0.4 is 0 Å². The van der Waals surface area contributed by atoms with E-state index in [1.807, 2.05) is 18.2 Å². The Hall–Kier alpha value is -1.13. The maximum Gasteiger partial charge on any atom is 0.203 e. The highest BCUT2D eigenvalue weighted by Gasteiger charge is 2.27. The summed E-state index contributed by atoms with van der Waals surface area (Å²) in [7, 11) is 0. The number of rotatable bonds is 2. The molecular formula is C13H11BrO3. The van der Waals surface area contributed by atoms with Crippen LogP contribution in [0, 0.1) is 5.92 Å². The van der Waals surface area contributed by atoms with Crippen molar-refractivity contribution in [1.29, 1.82) is 0 Å². The fourth-order valence-electron chi connectivity index (χ4n) is 2.09. The number of ether oxygens (including phenoxy) is 1. The van der Waals surface area contributed by atoms with Crippen molar-refractivity contribution in [1.82, 2.24) is 0 Å². The molecule has 3 rings (SSSR count). The van der Waals surface area contributed by atoms with E-state index in [0.717, 1.165) is 21.9 Å². The first kappa shape index (κ1) is 11.0. The van der Waals surface area contributed by atoms with Gasteiger partial charge in [-0.3, -0.25) is 4.79 Å². The van der Waals surface area contributed by atoms with Gasteiger partial charge in [0.05, 0.1) is 17.0 Å².